The summed E-state index contributed by atoms with van der Waals surface area (Å²) in [6.07, 6.45) is -0.605. The quantitative estimate of drug-likeness (QED) is 0.650. The summed E-state index contributed by atoms with van der Waals surface area (Å²) in [5, 5.41) is 2.84. The van der Waals surface area contributed by atoms with Gasteiger partial charge in [0.2, 0.25) is 0 Å². The fourth-order valence-electron chi connectivity index (χ4n) is 3.78. The molecule has 170 valence electrons. The maximum atomic E-state index is 12.9. The lowest BCUT2D eigenvalue weighted by Crippen LogP contribution is -2.42. The van der Waals surface area contributed by atoms with Crippen molar-refractivity contribution in [1.29, 1.82) is 0 Å². The molecular weight excluding hydrogens is 406 g/mol. The van der Waals surface area contributed by atoms with Gasteiger partial charge in [-0.15, -0.1) is 0 Å². The SMILES string of the molecule is CCN(CC)c1ccc([C@@H](CN2C(=O)c3ccccc3C2=O)NC(=O)OC(C)(C)C)cc1. The van der Waals surface area contributed by atoms with Gasteiger partial charge in [-0.05, 0) is 64.4 Å². The van der Waals surface area contributed by atoms with E-state index in [-0.39, 0.29) is 18.4 Å². The Morgan fingerprint density at radius 1 is 0.969 bits per heavy atom. The number of fused-ring (bicyclic) bond motifs is 1. The molecule has 0 saturated heterocycles. The highest BCUT2D eigenvalue weighted by atomic mass is 16.6. The van der Waals surface area contributed by atoms with Crippen LogP contribution in [0.3, 0.4) is 0 Å². The van der Waals surface area contributed by atoms with E-state index in [4.69, 9.17) is 4.74 Å². The van der Waals surface area contributed by atoms with E-state index < -0.39 is 17.7 Å². The smallest absolute Gasteiger partial charge is 0.408 e. The van der Waals surface area contributed by atoms with Gasteiger partial charge < -0.3 is 15.0 Å². The number of anilines is 1. The molecule has 3 rings (SSSR count). The third-order valence-electron chi connectivity index (χ3n) is 5.36. The number of rotatable bonds is 7. The van der Waals surface area contributed by atoms with E-state index in [1.807, 2.05) is 24.3 Å². The minimum atomic E-state index is -0.670. The first-order valence-corrected chi connectivity index (χ1v) is 10.9. The Bertz CT molecular complexity index is 956. The van der Waals surface area contributed by atoms with Crippen molar-refractivity contribution in [2.75, 3.05) is 24.5 Å². The average molecular weight is 438 g/mol. The van der Waals surface area contributed by atoms with Gasteiger partial charge in [0, 0.05) is 18.8 Å². The summed E-state index contributed by atoms with van der Waals surface area (Å²) in [7, 11) is 0. The van der Waals surface area contributed by atoms with Gasteiger partial charge in [-0.3, -0.25) is 14.5 Å². The molecule has 0 bridgehead atoms. The van der Waals surface area contributed by atoms with Crippen molar-refractivity contribution >= 4 is 23.6 Å². The zero-order valence-electron chi connectivity index (χ0n) is 19.3. The van der Waals surface area contributed by atoms with Crippen molar-refractivity contribution in [3.63, 3.8) is 0 Å². The minimum Gasteiger partial charge on any atom is -0.444 e. The molecule has 0 saturated carbocycles. The van der Waals surface area contributed by atoms with Crippen molar-refractivity contribution in [2.24, 2.45) is 0 Å². The molecule has 7 nitrogen and oxygen atoms in total. The van der Waals surface area contributed by atoms with Crippen molar-refractivity contribution in [1.82, 2.24) is 10.2 Å². The molecule has 0 spiro atoms. The van der Waals surface area contributed by atoms with Crippen LogP contribution < -0.4 is 10.2 Å². The molecule has 1 N–H and O–H groups in total. The highest BCUT2D eigenvalue weighted by Crippen LogP contribution is 2.27. The van der Waals surface area contributed by atoms with Gasteiger partial charge in [0.1, 0.15) is 5.60 Å². The second kappa shape index (κ2) is 9.42. The van der Waals surface area contributed by atoms with Crippen LogP contribution in [0.25, 0.3) is 0 Å². The summed E-state index contributed by atoms with van der Waals surface area (Å²) in [6.45, 7) is 11.3. The van der Waals surface area contributed by atoms with Crippen molar-refractivity contribution < 1.29 is 19.1 Å². The molecule has 2 aromatic carbocycles. The van der Waals surface area contributed by atoms with Gasteiger partial charge in [0.15, 0.2) is 0 Å². The number of nitrogens with zero attached hydrogens (tertiary/aromatic N) is 2. The third kappa shape index (κ3) is 5.10. The number of benzene rings is 2. The van der Waals surface area contributed by atoms with Crippen molar-refractivity contribution in [3.8, 4) is 0 Å². The van der Waals surface area contributed by atoms with Crippen LogP contribution in [-0.2, 0) is 4.74 Å². The molecule has 3 amide bonds. The van der Waals surface area contributed by atoms with Crippen LogP contribution in [0.2, 0.25) is 0 Å². The van der Waals surface area contributed by atoms with Gasteiger partial charge in [-0.25, -0.2) is 4.79 Å². The van der Waals surface area contributed by atoms with Gasteiger partial charge in [-0.1, -0.05) is 24.3 Å². The fraction of sp³-hybridized carbons (Fsp3) is 0.400. The summed E-state index contributed by atoms with van der Waals surface area (Å²) in [6, 6.07) is 13.9. The largest absolute Gasteiger partial charge is 0.444 e. The summed E-state index contributed by atoms with van der Waals surface area (Å²) >= 11 is 0. The number of imide groups is 1. The van der Waals surface area contributed by atoms with Crippen LogP contribution in [0.4, 0.5) is 10.5 Å². The first-order valence-electron chi connectivity index (χ1n) is 10.9. The highest BCUT2D eigenvalue weighted by molar-refractivity contribution is 6.21. The standard InChI is InChI=1S/C25H31N3O4/c1-6-27(7-2)18-14-12-17(13-15-18)21(26-24(31)32-25(3,4)5)16-28-22(29)19-10-8-9-11-20(19)23(28)30/h8-15,21H,6-7,16H2,1-5H3,(H,26,31)/t21-/m1/s1. The molecule has 0 unspecified atom stereocenters. The molecule has 7 heteroatoms. The second-order valence-corrected chi connectivity index (χ2v) is 8.73. The van der Waals surface area contributed by atoms with Crippen LogP contribution in [0.1, 0.15) is 66.9 Å². The molecular formula is C25H31N3O4. The molecule has 0 aliphatic carbocycles. The lowest BCUT2D eigenvalue weighted by atomic mass is 10.1. The van der Waals surface area contributed by atoms with E-state index >= 15 is 0 Å². The number of hydrogen-bond donors (Lipinski definition) is 1. The summed E-state index contributed by atoms with van der Waals surface area (Å²) in [4.78, 5) is 41.7. The Labute approximate surface area is 189 Å². The molecule has 1 heterocycles. The number of nitrogens with one attached hydrogen (secondary N) is 1. The second-order valence-electron chi connectivity index (χ2n) is 8.73. The van der Waals surface area contributed by atoms with Gasteiger partial charge in [0.25, 0.3) is 11.8 Å². The average Bonchev–Trinajstić information content (AvgIpc) is 2.98. The number of alkyl carbamates (subject to hydrolysis) is 1. The molecule has 2 aromatic rings. The van der Waals surface area contributed by atoms with Crippen LogP contribution in [0, 0.1) is 0 Å². The summed E-state index contributed by atoms with van der Waals surface area (Å²) < 4.78 is 5.42. The lowest BCUT2D eigenvalue weighted by molar-refractivity contribution is 0.0467. The minimum absolute atomic E-state index is 0.0101. The summed E-state index contributed by atoms with van der Waals surface area (Å²) in [5.41, 5.74) is 1.94. The van der Waals surface area contributed by atoms with E-state index in [0.717, 1.165) is 24.3 Å². The zero-order chi connectivity index (χ0) is 23.5. The maximum Gasteiger partial charge on any atom is 0.408 e. The molecule has 32 heavy (non-hydrogen) atoms. The van der Waals surface area contributed by atoms with Gasteiger partial charge in [-0.2, -0.15) is 0 Å². The molecule has 0 fully saturated rings. The molecule has 1 aliphatic rings. The highest BCUT2D eigenvalue weighted by Gasteiger charge is 2.37. The number of ether oxygens (including phenoxy) is 1. The Morgan fingerprint density at radius 2 is 1.50 bits per heavy atom. The van der Waals surface area contributed by atoms with E-state index in [9.17, 15) is 14.4 Å². The van der Waals surface area contributed by atoms with E-state index in [0.29, 0.717) is 11.1 Å². The predicted octanol–water partition coefficient (Wildman–Crippen LogP) is 4.39. The summed E-state index contributed by atoms with van der Waals surface area (Å²) in [5.74, 6) is -0.720. The Hall–Kier alpha value is -3.35. The number of amides is 3. The lowest BCUT2D eigenvalue weighted by Gasteiger charge is -2.27. The number of carbonyl (C=O) groups is 3. The molecule has 1 aliphatic heterocycles. The zero-order valence-corrected chi connectivity index (χ0v) is 19.3. The predicted molar refractivity (Wildman–Crippen MR) is 124 cm³/mol. The number of carbonyl (C=O) groups excluding carboxylic acids is 3. The van der Waals surface area contributed by atoms with E-state index in [1.165, 1.54) is 4.90 Å². The Balaban J connectivity index is 1.87. The van der Waals surface area contributed by atoms with Gasteiger partial charge in [0.05, 0.1) is 23.7 Å². The first kappa shape index (κ1) is 23.3. The maximum absolute atomic E-state index is 12.9. The van der Waals surface area contributed by atoms with Crippen LogP contribution in [0.15, 0.2) is 48.5 Å². The normalized spacial score (nSPS) is 14.2. The monoisotopic (exact) mass is 437 g/mol. The molecule has 0 aromatic heterocycles. The topological polar surface area (TPSA) is 79.0 Å². The van der Waals surface area contributed by atoms with Crippen molar-refractivity contribution in [3.05, 3.63) is 65.2 Å². The van der Waals surface area contributed by atoms with Crippen molar-refractivity contribution in [2.45, 2.75) is 46.3 Å². The third-order valence-corrected chi connectivity index (χ3v) is 5.36. The first-order chi connectivity index (χ1) is 15.1. The van der Waals surface area contributed by atoms with Crippen LogP contribution in [-0.4, -0.2) is 48.0 Å². The van der Waals surface area contributed by atoms with Crippen LogP contribution in [0.5, 0.6) is 0 Å². The molecule has 0 radical (unpaired) electrons. The Kier molecular flexibility index (Phi) is 6.87. The number of hydrogen-bond acceptors (Lipinski definition) is 5. The van der Waals surface area contributed by atoms with Gasteiger partial charge >= 0.3 is 6.09 Å². The molecule has 1 atom stereocenters. The Morgan fingerprint density at radius 3 is 1.97 bits per heavy atom. The van der Waals surface area contributed by atoms with E-state index in [2.05, 4.69) is 24.1 Å². The fourth-order valence-corrected chi connectivity index (χ4v) is 3.78. The van der Waals surface area contributed by atoms with Crippen LogP contribution >= 0.6 is 0 Å². The van der Waals surface area contributed by atoms with E-state index in [1.54, 1.807) is 45.0 Å².